The Kier molecular flexibility index (Phi) is 6.86. The SMILES string of the molecule is O=c1c2cnn(-c3ccc(Cl)cc3)c2ncn1CC1(O)CCN(Cc2ccc(Oc3ccccn3)cc2)CC1. The van der Waals surface area contributed by atoms with Crippen molar-refractivity contribution in [2.45, 2.75) is 31.5 Å². The van der Waals surface area contributed by atoms with Crippen LogP contribution >= 0.6 is 11.6 Å². The summed E-state index contributed by atoms with van der Waals surface area (Å²) in [5.74, 6) is 1.30. The zero-order valence-corrected chi connectivity index (χ0v) is 21.9. The molecule has 198 valence electrons. The van der Waals surface area contributed by atoms with Gasteiger partial charge in [0, 0.05) is 36.9 Å². The van der Waals surface area contributed by atoms with Crippen molar-refractivity contribution >= 4 is 22.6 Å². The van der Waals surface area contributed by atoms with E-state index in [9.17, 15) is 9.90 Å². The summed E-state index contributed by atoms with van der Waals surface area (Å²) in [6.07, 6.45) is 5.83. The largest absolute Gasteiger partial charge is 0.439 e. The molecule has 9 nitrogen and oxygen atoms in total. The number of ether oxygens (including phenoxy) is 1. The van der Waals surface area contributed by atoms with Crippen molar-refractivity contribution in [3.63, 3.8) is 0 Å². The van der Waals surface area contributed by atoms with Gasteiger partial charge in [-0.2, -0.15) is 5.10 Å². The summed E-state index contributed by atoms with van der Waals surface area (Å²) in [4.78, 5) is 24.2. The van der Waals surface area contributed by atoms with Crippen LogP contribution in [0.3, 0.4) is 0 Å². The second kappa shape index (κ2) is 10.6. The lowest BCUT2D eigenvalue weighted by Gasteiger charge is -2.38. The first-order valence-corrected chi connectivity index (χ1v) is 13.2. The van der Waals surface area contributed by atoms with Gasteiger partial charge in [-0.15, -0.1) is 0 Å². The number of piperidine rings is 1. The first kappa shape index (κ1) is 25.2. The van der Waals surface area contributed by atoms with Crippen LogP contribution in [0.15, 0.2) is 90.2 Å². The van der Waals surface area contributed by atoms with Crippen LogP contribution in [-0.2, 0) is 13.1 Å². The molecule has 0 saturated carbocycles. The summed E-state index contributed by atoms with van der Waals surface area (Å²) in [6.45, 7) is 2.41. The number of benzene rings is 2. The number of aromatic nitrogens is 5. The van der Waals surface area contributed by atoms with Gasteiger partial charge in [-0.3, -0.25) is 14.3 Å². The fraction of sp³-hybridized carbons (Fsp3) is 0.241. The Morgan fingerprint density at radius 1 is 0.974 bits per heavy atom. The summed E-state index contributed by atoms with van der Waals surface area (Å²) in [5, 5.41) is 16.7. The van der Waals surface area contributed by atoms with E-state index in [2.05, 4.69) is 20.0 Å². The molecule has 1 N–H and O–H groups in total. The van der Waals surface area contributed by atoms with Gasteiger partial charge in [0.2, 0.25) is 5.88 Å². The van der Waals surface area contributed by atoms with Crippen LogP contribution in [0.1, 0.15) is 18.4 Å². The average Bonchev–Trinajstić information content (AvgIpc) is 3.39. The van der Waals surface area contributed by atoms with Crippen molar-refractivity contribution in [3.8, 4) is 17.3 Å². The molecule has 3 aromatic heterocycles. The van der Waals surface area contributed by atoms with E-state index in [1.54, 1.807) is 23.0 Å². The van der Waals surface area contributed by atoms with Crippen molar-refractivity contribution in [1.82, 2.24) is 29.2 Å². The maximum atomic E-state index is 13.2. The number of nitrogens with zero attached hydrogens (tertiary/aromatic N) is 6. The van der Waals surface area contributed by atoms with Gasteiger partial charge in [-0.1, -0.05) is 29.8 Å². The topological polar surface area (TPSA) is 98.3 Å². The van der Waals surface area contributed by atoms with E-state index < -0.39 is 5.60 Å². The molecule has 6 rings (SSSR count). The lowest BCUT2D eigenvalue weighted by Crippen LogP contribution is -2.47. The summed E-state index contributed by atoms with van der Waals surface area (Å²) < 4.78 is 8.88. The predicted octanol–water partition coefficient (Wildman–Crippen LogP) is 4.45. The van der Waals surface area contributed by atoms with E-state index in [1.165, 1.54) is 17.1 Å². The number of pyridine rings is 1. The van der Waals surface area contributed by atoms with Gasteiger partial charge in [-0.05, 0) is 60.9 Å². The normalized spacial score (nSPS) is 15.4. The highest BCUT2D eigenvalue weighted by molar-refractivity contribution is 6.30. The smallest absolute Gasteiger partial charge is 0.264 e. The van der Waals surface area contributed by atoms with Gasteiger partial charge in [0.05, 0.1) is 24.0 Å². The van der Waals surface area contributed by atoms with Crippen LogP contribution in [0.5, 0.6) is 11.6 Å². The molecule has 0 spiro atoms. The Hall–Kier alpha value is -4.05. The van der Waals surface area contributed by atoms with Crippen LogP contribution in [0.25, 0.3) is 16.7 Å². The Balaban J connectivity index is 1.08. The van der Waals surface area contributed by atoms with Crippen LogP contribution in [0, 0.1) is 0 Å². The molecule has 10 heteroatoms. The molecular formula is C29H27ClN6O3. The van der Waals surface area contributed by atoms with Crippen molar-refractivity contribution in [1.29, 1.82) is 0 Å². The molecule has 0 atom stereocenters. The molecule has 1 aliphatic rings. The number of aliphatic hydroxyl groups is 1. The van der Waals surface area contributed by atoms with Crippen LogP contribution in [-0.4, -0.2) is 53.0 Å². The van der Waals surface area contributed by atoms with Crippen LogP contribution < -0.4 is 10.3 Å². The van der Waals surface area contributed by atoms with Gasteiger partial charge in [0.1, 0.15) is 17.5 Å². The second-order valence-corrected chi connectivity index (χ2v) is 10.3. The molecule has 0 unspecified atom stereocenters. The molecule has 0 radical (unpaired) electrons. The number of halogens is 1. The Labute approximate surface area is 229 Å². The molecule has 5 aromatic rings. The standard InChI is InChI=1S/C29H27ClN6O3/c30-22-6-8-23(9-7-22)36-27-25(17-33-36)28(37)35(20-32-27)19-29(38)12-15-34(16-13-29)18-21-4-10-24(11-5-21)39-26-3-1-2-14-31-26/h1-11,14,17,20,38H,12-13,15-16,18-19H2. The van der Waals surface area contributed by atoms with Crippen LogP contribution in [0.2, 0.25) is 5.02 Å². The molecule has 1 aliphatic heterocycles. The molecule has 39 heavy (non-hydrogen) atoms. The van der Waals surface area contributed by atoms with Crippen molar-refractivity contribution in [3.05, 3.63) is 106 Å². The quantitative estimate of drug-likeness (QED) is 0.324. The summed E-state index contributed by atoms with van der Waals surface area (Å²) in [5.41, 5.74) is 1.20. The minimum atomic E-state index is -0.984. The number of likely N-dealkylation sites (tertiary alicyclic amines) is 1. The Bertz CT molecular complexity index is 1630. The van der Waals surface area contributed by atoms with Gasteiger partial charge < -0.3 is 9.84 Å². The Morgan fingerprint density at radius 2 is 1.74 bits per heavy atom. The molecule has 4 heterocycles. The fourth-order valence-electron chi connectivity index (χ4n) is 4.88. The molecule has 0 aliphatic carbocycles. The highest BCUT2D eigenvalue weighted by Crippen LogP contribution is 2.26. The fourth-order valence-corrected chi connectivity index (χ4v) is 5.01. The predicted molar refractivity (Wildman–Crippen MR) is 148 cm³/mol. The molecule has 0 amide bonds. The van der Waals surface area contributed by atoms with E-state index in [1.807, 2.05) is 54.6 Å². The van der Waals surface area contributed by atoms with Crippen molar-refractivity contribution < 1.29 is 9.84 Å². The first-order chi connectivity index (χ1) is 19.0. The van der Waals surface area contributed by atoms with E-state index in [0.717, 1.165) is 36.6 Å². The minimum Gasteiger partial charge on any atom is -0.439 e. The minimum absolute atomic E-state index is 0.189. The van der Waals surface area contributed by atoms with Gasteiger partial charge in [-0.25, -0.2) is 14.6 Å². The number of rotatable bonds is 7. The molecule has 1 saturated heterocycles. The molecule has 2 aromatic carbocycles. The average molecular weight is 543 g/mol. The Morgan fingerprint density at radius 3 is 2.46 bits per heavy atom. The lowest BCUT2D eigenvalue weighted by atomic mass is 9.91. The summed E-state index contributed by atoms with van der Waals surface area (Å²) >= 11 is 5.99. The van der Waals surface area contributed by atoms with E-state index >= 15 is 0 Å². The highest BCUT2D eigenvalue weighted by Gasteiger charge is 2.33. The summed E-state index contributed by atoms with van der Waals surface area (Å²) in [6, 6.07) is 20.7. The number of fused-ring (bicyclic) bond motifs is 1. The molecule has 0 bridgehead atoms. The van der Waals surface area contributed by atoms with Gasteiger partial charge >= 0.3 is 0 Å². The lowest BCUT2D eigenvalue weighted by molar-refractivity contribution is -0.0364. The molecule has 1 fully saturated rings. The molecular weight excluding hydrogens is 516 g/mol. The third-order valence-corrected chi connectivity index (χ3v) is 7.32. The summed E-state index contributed by atoms with van der Waals surface area (Å²) in [7, 11) is 0. The maximum absolute atomic E-state index is 13.2. The third kappa shape index (κ3) is 5.56. The van der Waals surface area contributed by atoms with E-state index in [-0.39, 0.29) is 12.1 Å². The van der Waals surface area contributed by atoms with Crippen LogP contribution in [0.4, 0.5) is 0 Å². The van der Waals surface area contributed by atoms with Gasteiger partial charge in [0.25, 0.3) is 5.56 Å². The number of hydrogen-bond acceptors (Lipinski definition) is 7. The maximum Gasteiger partial charge on any atom is 0.264 e. The zero-order chi connectivity index (χ0) is 26.8. The van der Waals surface area contributed by atoms with Gasteiger partial charge in [0.15, 0.2) is 5.65 Å². The third-order valence-electron chi connectivity index (χ3n) is 7.07. The monoisotopic (exact) mass is 542 g/mol. The first-order valence-electron chi connectivity index (χ1n) is 12.8. The van der Waals surface area contributed by atoms with Crippen molar-refractivity contribution in [2.24, 2.45) is 0 Å². The highest BCUT2D eigenvalue weighted by atomic mass is 35.5. The number of hydrogen-bond donors (Lipinski definition) is 1. The zero-order valence-electron chi connectivity index (χ0n) is 21.2. The second-order valence-electron chi connectivity index (χ2n) is 9.86. The van der Waals surface area contributed by atoms with Crippen molar-refractivity contribution in [2.75, 3.05) is 13.1 Å². The van der Waals surface area contributed by atoms with E-state index in [4.69, 9.17) is 16.3 Å². The van der Waals surface area contributed by atoms with E-state index in [0.29, 0.717) is 34.8 Å².